The van der Waals surface area contributed by atoms with E-state index in [1.807, 2.05) is 0 Å². The fraction of sp³-hybridized carbons (Fsp3) is 0.250. The Bertz CT molecular complexity index is 995. The Morgan fingerprint density at radius 3 is 2.52 bits per heavy atom. The van der Waals surface area contributed by atoms with E-state index < -0.39 is 22.0 Å². The minimum Gasteiger partial charge on any atom is -0.497 e. The van der Waals surface area contributed by atoms with E-state index in [0.29, 0.717) is 10.3 Å². The molecule has 0 aliphatic rings. The predicted molar refractivity (Wildman–Crippen MR) is 80.7 cm³/mol. The van der Waals surface area contributed by atoms with E-state index in [9.17, 15) is 21.6 Å². The molecule has 0 saturated heterocycles. The number of fused-ring (bicyclic) bond motifs is 1. The highest BCUT2D eigenvalue weighted by atomic mass is 32.2. The predicted octanol–water partition coefficient (Wildman–Crippen LogP) is 1.69. The minimum absolute atomic E-state index is 0.00715. The summed E-state index contributed by atoms with van der Waals surface area (Å²) < 4.78 is 70.4. The summed E-state index contributed by atoms with van der Waals surface area (Å²) in [5.74, 6) is -0.768. The number of halogens is 3. The van der Waals surface area contributed by atoms with Crippen LogP contribution in [0.3, 0.4) is 0 Å². The number of nitrogens with zero attached hydrogens (tertiary/aromatic N) is 4. The topological polar surface area (TPSA) is 98.5 Å². The molecule has 0 bridgehead atoms. The van der Waals surface area contributed by atoms with Gasteiger partial charge in [-0.1, -0.05) is 11.3 Å². The van der Waals surface area contributed by atoms with Crippen LogP contribution in [0.2, 0.25) is 0 Å². The lowest BCUT2D eigenvalue weighted by Crippen LogP contribution is -2.23. The van der Waals surface area contributed by atoms with Gasteiger partial charge in [0.15, 0.2) is 0 Å². The molecule has 0 fully saturated rings. The zero-order valence-corrected chi connectivity index (χ0v) is 14.1. The third-order valence-corrected chi connectivity index (χ3v) is 5.39. The molecule has 0 unspecified atom stereocenters. The molecule has 1 aromatic carbocycles. The maximum Gasteiger partial charge on any atom is 0.453 e. The Morgan fingerprint density at radius 1 is 1.24 bits per heavy atom. The first-order chi connectivity index (χ1) is 11.7. The highest BCUT2D eigenvalue weighted by molar-refractivity contribution is 7.89. The maximum atomic E-state index is 12.7. The van der Waals surface area contributed by atoms with Crippen LogP contribution in [0.25, 0.3) is 4.96 Å². The molecule has 3 aromatic rings. The molecular weight excluding hydrogens is 383 g/mol. The van der Waals surface area contributed by atoms with Crippen molar-refractivity contribution in [3.8, 4) is 5.75 Å². The highest BCUT2D eigenvalue weighted by Crippen LogP contribution is 2.29. The summed E-state index contributed by atoms with van der Waals surface area (Å²) in [4.78, 5) is -0.0850. The van der Waals surface area contributed by atoms with Crippen LogP contribution in [0.4, 0.5) is 13.2 Å². The molecule has 25 heavy (non-hydrogen) atoms. The van der Waals surface area contributed by atoms with Crippen molar-refractivity contribution in [2.45, 2.75) is 17.6 Å². The van der Waals surface area contributed by atoms with E-state index in [1.54, 1.807) is 0 Å². The van der Waals surface area contributed by atoms with Gasteiger partial charge in [-0.2, -0.15) is 22.8 Å². The van der Waals surface area contributed by atoms with Gasteiger partial charge >= 0.3 is 6.18 Å². The van der Waals surface area contributed by atoms with Crippen molar-refractivity contribution in [3.63, 3.8) is 0 Å². The standard InChI is InChI=1S/C12H10F3N5O3S2/c1-23-7-2-4-8(5-3-7)25(21,22)16-6-9-19-20-10(12(13,14)15)17-18-11(20)24-9/h2-5,16H,6H2,1H3. The van der Waals surface area contributed by atoms with Gasteiger partial charge in [0, 0.05) is 0 Å². The van der Waals surface area contributed by atoms with Crippen LogP contribution in [-0.4, -0.2) is 35.3 Å². The van der Waals surface area contributed by atoms with Crippen molar-refractivity contribution in [2.75, 3.05) is 7.11 Å². The molecule has 2 aromatic heterocycles. The Kier molecular flexibility index (Phi) is 4.38. The van der Waals surface area contributed by atoms with E-state index in [2.05, 4.69) is 20.0 Å². The molecule has 0 saturated carbocycles. The second kappa shape index (κ2) is 6.24. The van der Waals surface area contributed by atoms with E-state index in [-0.39, 0.29) is 21.4 Å². The van der Waals surface area contributed by atoms with Crippen molar-refractivity contribution in [1.82, 2.24) is 24.5 Å². The number of ether oxygens (including phenoxy) is 1. The van der Waals surface area contributed by atoms with Crippen molar-refractivity contribution in [2.24, 2.45) is 0 Å². The Hall–Kier alpha value is -2.25. The van der Waals surface area contributed by atoms with Crippen LogP contribution in [0.5, 0.6) is 5.75 Å². The molecule has 0 amide bonds. The van der Waals surface area contributed by atoms with E-state index in [1.165, 1.54) is 31.4 Å². The van der Waals surface area contributed by atoms with Crippen LogP contribution < -0.4 is 9.46 Å². The molecule has 0 aliphatic heterocycles. The zero-order valence-electron chi connectivity index (χ0n) is 12.5. The van der Waals surface area contributed by atoms with Gasteiger partial charge in [0.1, 0.15) is 10.8 Å². The fourth-order valence-corrected chi connectivity index (χ4v) is 3.75. The monoisotopic (exact) mass is 393 g/mol. The van der Waals surface area contributed by atoms with Gasteiger partial charge in [-0.3, -0.25) is 0 Å². The first-order valence-electron chi connectivity index (χ1n) is 6.63. The van der Waals surface area contributed by atoms with Crippen LogP contribution in [0, 0.1) is 0 Å². The maximum absolute atomic E-state index is 12.7. The number of hydrogen-bond acceptors (Lipinski definition) is 7. The van der Waals surface area contributed by atoms with E-state index in [4.69, 9.17) is 4.74 Å². The van der Waals surface area contributed by atoms with Gasteiger partial charge in [-0.15, -0.1) is 10.2 Å². The first kappa shape index (κ1) is 17.6. The van der Waals surface area contributed by atoms with E-state index in [0.717, 1.165) is 11.3 Å². The van der Waals surface area contributed by atoms with Gasteiger partial charge in [0.25, 0.3) is 5.82 Å². The summed E-state index contributed by atoms with van der Waals surface area (Å²) in [7, 11) is -2.40. The summed E-state index contributed by atoms with van der Waals surface area (Å²) in [6, 6.07) is 5.66. The molecule has 134 valence electrons. The number of hydrogen-bond donors (Lipinski definition) is 1. The largest absolute Gasteiger partial charge is 0.497 e. The van der Waals surface area contributed by atoms with E-state index >= 15 is 0 Å². The average molecular weight is 393 g/mol. The molecule has 13 heteroatoms. The smallest absolute Gasteiger partial charge is 0.453 e. The molecule has 0 spiro atoms. The highest BCUT2D eigenvalue weighted by Gasteiger charge is 2.38. The third kappa shape index (κ3) is 3.57. The van der Waals surface area contributed by atoms with Crippen molar-refractivity contribution in [3.05, 3.63) is 35.1 Å². The average Bonchev–Trinajstić information content (AvgIpc) is 3.12. The molecule has 0 aliphatic carbocycles. The SMILES string of the molecule is COc1ccc(S(=O)(=O)NCc2nn3c(C(F)(F)F)nnc3s2)cc1. The molecule has 3 rings (SSSR count). The Morgan fingerprint density at radius 2 is 1.92 bits per heavy atom. The summed E-state index contributed by atoms with van der Waals surface area (Å²) in [5, 5.41) is 10.2. The number of alkyl halides is 3. The zero-order chi connectivity index (χ0) is 18.2. The summed E-state index contributed by atoms with van der Waals surface area (Å²) in [6.07, 6.45) is -4.70. The van der Waals surface area contributed by atoms with Gasteiger partial charge in [-0.05, 0) is 24.3 Å². The summed E-state index contributed by atoms with van der Waals surface area (Å²) in [5.41, 5.74) is 0. The van der Waals surface area contributed by atoms with Gasteiger partial charge in [-0.25, -0.2) is 13.1 Å². The number of benzene rings is 1. The lowest BCUT2D eigenvalue weighted by molar-refractivity contribution is -0.146. The number of aromatic nitrogens is 4. The van der Waals surface area contributed by atoms with Crippen LogP contribution in [0.15, 0.2) is 29.2 Å². The molecule has 0 radical (unpaired) electrons. The third-order valence-electron chi connectivity index (χ3n) is 3.07. The van der Waals surface area contributed by atoms with Gasteiger partial charge < -0.3 is 4.74 Å². The molecular formula is C12H10F3N5O3S2. The van der Waals surface area contributed by atoms with Gasteiger partial charge in [0.05, 0.1) is 18.6 Å². The molecule has 2 heterocycles. The normalized spacial score (nSPS) is 12.6. The first-order valence-corrected chi connectivity index (χ1v) is 8.93. The Balaban J connectivity index is 1.78. The number of sulfonamides is 1. The van der Waals surface area contributed by atoms with Crippen molar-refractivity contribution in [1.29, 1.82) is 0 Å². The number of methoxy groups -OCH3 is 1. The van der Waals surface area contributed by atoms with Crippen molar-refractivity contribution < 1.29 is 26.3 Å². The lowest BCUT2D eigenvalue weighted by Gasteiger charge is -2.06. The summed E-state index contributed by atoms with van der Waals surface area (Å²) >= 11 is 0.807. The lowest BCUT2D eigenvalue weighted by atomic mass is 10.3. The second-order valence-corrected chi connectivity index (χ2v) is 7.52. The quantitative estimate of drug-likeness (QED) is 0.708. The second-order valence-electron chi connectivity index (χ2n) is 4.71. The molecule has 0 atom stereocenters. The minimum atomic E-state index is -4.70. The summed E-state index contributed by atoms with van der Waals surface area (Å²) in [6.45, 7) is -0.278. The van der Waals surface area contributed by atoms with Crippen molar-refractivity contribution >= 4 is 26.3 Å². The van der Waals surface area contributed by atoms with Crippen LogP contribution in [0.1, 0.15) is 10.8 Å². The van der Waals surface area contributed by atoms with Crippen LogP contribution >= 0.6 is 11.3 Å². The number of nitrogens with one attached hydrogen (secondary N) is 1. The fourth-order valence-electron chi connectivity index (χ4n) is 1.90. The molecule has 8 nitrogen and oxygen atoms in total. The van der Waals surface area contributed by atoms with Crippen LogP contribution in [-0.2, 0) is 22.7 Å². The molecule has 1 N–H and O–H groups in total. The Labute approximate surface area is 143 Å². The number of rotatable bonds is 5. The van der Waals surface area contributed by atoms with Gasteiger partial charge in [0.2, 0.25) is 15.0 Å².